The molecule has 0 unspecified atom stereocenters. The Bertz CT molecular complexity index is 679. The fourth-order valence-corrected chi connectivity index (χ4v) is 2.05. The molecule has 0 aliphatic rings. The van der Waals surface area contributed by atoms with Gasteiger partial charge in [-0.25, -0.2) is 4.68 Å². The van der Waals surface area contributed by atoms with Gasteiger partial charge in [0.1, 0.15) is 0 Å². The van der Waals surface area contributed by atoms with Crippen LogP contribution >= 0.6 is 0 Å². The summed E-state index contributed by atoms with van der Waals surface area (Å²) in [6.07, 6.45) is -3.80. The fraction of sp³-hybridized carbons (Fsp3) is 0.286. The number of aryl methyl sites for hydroxylation is 1. The van der Waals surface area contributed by atoms with Crippen molar-refractivity contribution in [3.05, 3.63) is 47.3 Å². The number of alkyl halides is 3. The summed E-state index contributed by atoms with van der Waals surface area (Å²) in [6, 6.07) is 6.51. The molecule has 1 heterocycles. The number of para-hydroxylation sites is 1. The molecule has 2 rings (SSSR count). The number of nitrogens with one attached hydrogen (secondary N) is 1. The van der Waals surface area contributed by atoms with Crippen LogP contribution in [0.15, 0.2) is 30.5 Å². The van der Waals surface area contributed by atoms with Gasteiger partial charge in [-0.15, -0.1) is 0 Å². The zero-order chi connectivity index (χ0) is 16.3. The molecule has 0 bridgehead atoms. The molecule has 0 saturated carbocycles. The molecule has 1 aromatic heterocycles. The van der Waals surface area contributed by atoms with Crippen molar-refractivity contribution in [1.29, 1.82) is 0 Å². The second kappa shape index (κ2) is 6.18. The van der Waals surface area contributed by atoms with Crippen molar-refractivity contribution in [3.63, 3.8) is 0 Å². The van der Waals surface area contributed by atoms with Gasteiger partial charge < -0.3 is 11.1 Å². The van der Waals surface area contributed by atoms with Crippen LogP contribution in [-0.2, 0) is 6.18 Å². The first-order valence-electron chi connectivity index (χ1n) is 6.55. The topological polar surface area (TPSA) is 72.9 Å². The van der Waals surface area contributed by atoms with Gasteiger partial charge in [-0.1, -0.05) is 18.2 Å². The van der Waals surface area contributed by atoms with Gasteiger partial charge in [0.2, 0.25) is 0 Å². The predicted octanol–water partition coefficient (Wildman–Crippen LogP) is 1.89. The Balaban J connectivity index is 2.55. The van der Waals surface area contributed by atoms with Crippen LogP contribution in [0.5, 0.6) is 0 Å². The van der Waals surface area contributed by atoms with Gasteiger partial charge >= 0.3 is 6.18 Å². The van der Waals surface area contributed by atoms with Crippen LogP contribution in [0.3, 0.4) is 0 Å². The molecule has 1 amide bonds. The quantitative estimate of drug-likeness (QED) is 0.905. The summed E-state index contributed by atoms with van der Waals surface area (Å²) in [6.45, 7) is 1.90. The molecule has 118 valence electrons. The number of carbonyl (C=O) groups is 1. The number of rotatable bonds is 4. The molecule has 0 spiro atoms. The van der Waals surface area contributed by atoms with E-state index in [9.17, 15) is 18.0 Å². The average Bonchev–Trinajstić information content (AvgIpc) is 2.90. The minimum absolute atomic E-state index is 0.0890. The third kappa shape index (κ3) is 3.11. The lowest BCUT2D eigenvalue weighted by atomic mass is 10.1. The number of carbonyl (C=O) groups excluding carboxylic acids is 1. The van der Waals surface area contributed by atoms with E-state index in [1.807, 2.05) is 0 Å². The largest absolute Gasteiger partial charge is 0.434 e. The van der Waals surface area contributed by atoms with E-state index in [2.05, 4.69) is 10.4 Å². The van der Waals surface area contributed by atoms with Crippen LogP contribution in [0.2, 0.25) is 0 Å². The minimum atomic E-state index is -4.71. The number of aromatic nitrogens is 2. The molecule has 8 heteroatoms. The van der Waals surface area contributed by atoms with Crippen molar-refractivity contribution >= 4 is 5.91 Å². The van der Waals surface area contributed by atoms with E-state index in [-0.39, 0.29) is 18.8 Å². The molecule has 5 nitrogen and oxygen atoms in total. The maximum Gasteiger partial charge on any atom is 0.434 e. The highest BCUT2D eigenvalue weighted by Gasteiger charge is 2.40. The van der Waals surface area contributed by atoms with Crippen molar-refractivity contribution in [2.45, 2.75) is 13.1 Å². The summed E-state index contributed by atoms with van der Waals surface area (Å²) in [5, 5.41) is 6.07. The summed E-state index contributed by atoms with van der Waals surface area (Å²) >= 11 is 0. The Hall–Kier alpha value is -2.35. The summed E-state index contributed by atoms with van der Waals surface area (Å²) in [5.74, 6) is -0.849. The summed E-state index contributed by atoms with van der Waals surface area (Å²) < 4.78 is 40.9. The van der Waals surface area contributed by atoms with Crippen LogP contribution in [-0.4, -0.2) is 28.8 Å². The van der Waals surface area contributed by atoms with Gasteiger partial charge in [0.15, 0.2) is 5.69 Å². The number of benzene rings is 1. The first-order chi connectivity index (χ1) is 10.4. The highest BCUT2D eigenvalue weighted by atomic mass is 19.4. The lowest BCUT2D eigenvalue weighted by Gasteiger charge is -2.14. The molecule has 0 atom stereocenters. The number of nitrogens with two attached hydrogens (primary N) is 1. The highest BCUT2D eigenvalue weighted by molar-refractivity contribution is 5.95. The first-order valence-corrected chi connectivity index (χ1v) is 6.55. The average molecular weight is 312 g/mol. The van der Waals surface area contributed by atoms with Gasteiger partial charge in [0.05, 0.1) is 17.4 Å². The van der Waals surface area contributed by atoms with E-state index in [0.717, 1.165) is 10.9 Å². The van der Waals surface area contributed by atoms with E-state index in [4.69, 9.17) is 5.73 Å². The highest BCUT2D eigenvalue weighted by Crippen LogP contribution is 2.34. The second-order valence-electron chi connectivity index (χ2n) is 4.65. The number of amides is 1. The summed E-state index contributed by atoms with van der Waals surface area (Å²) in [5.41, 5.74) is 4.50. The fourth-order valence-electron chi connectivity index (χ4n) is 2.05. The molecule has 3 N–H and O–H groups in total. The van der Waals surface area contributed by atoms with Crippen LogP contribution in [0.4, 0.5) is 13.2 Å². The van der Waals surface area contributed by atoms with Crippen molar-refractivity contribution in [3.8, 4) is 5.69 Å². The van der Waals surface area contributed by atoms with Gasteiger partial charge in [0.25, 0.3) is 5.91 Å². The van der Waals surface area contributed by atoms with E-state index in [1.165, 1.54) is 6.07 Å². The Morgan fingerprint density at radius 1 is 1.36 bits per heavy atom. The van der Waals surface area contributed by atoms with E-state index >= 15 is 0 Å². The number of hydrogen-bond acceptors (Lipinski definition) is 3. The zero-order valence-electron chi connectivity index (χ0n) is 11.8. The Labute approximate surface area is 124 Å². The van der Waals surface area contributed by atoms with Crippen molar-refractivity contribution in [1.82, 2.24) is 15.1 Å². The molecule has 1 aromatic carbocycles. The third-order valence-corrected chi connectivity index (χ3v) is 3.06. The van der Waals surface area contributed by atoms with Gasteiger partial charge in [-0.05, 0) is 18.6 Å². The lowest BCUT2D eigenvalue weighted by Crippen LogP contribution is -2.30. The van der Waals surface area contributed by atoms with Crippen molar-refractivity contribution in [2.75, 3.05) is 13.1 Å². The van der Waals surface area contributed by atoms with Gasteiger partial charge in [-0.2, -0.15) is 18.3 Å². The molecule has 0 fully saturated rings. The zero-order valence-corrected chi connectivity index (χ0v) is 11.8. The summed E-state index contributed by atoms with van der Waals surface area (Å²) in [7, 11) is 0. The van der Waals surface area contributed by atoms with E-state index < -0.39 is 23.3 Å². The summed E-state index contributed by atoms with van der Waals surface area (Å²) in [4.78, 5) is 11.9. The predicted molar refractivity (Wildman–Crippen MR) is 74.7 cm³/mol. The van der Waals surface area contributed by atoms with Gasteiger partial charge in [-0.3, -0.25) is 4.79 Å². The Morgan fingerprint density at radius 3 is 2.64 bits per heavy atom. The number of nitrogens with zero attached hydrogens (tertiary/aromatic N) is 2. The third-order valence-electron chi connectivity index (χ3n) is 3.06. The molecule has 0 aliphatic carbocycles. The SMILES string of the molecule is Cc1ccccc1-n1ncc(C(=O)NCCN)c1C(F)(F)F. The maximum atomic E-state index is 13.4. The first kappa shape index (κ1) is 16.0. The van der Waals surface area contributed by atoms with Crippen LogP contribution in [0, 0.1) is 6.92 Å². The molecule has 22 heavy (non-hydrogen) atoms. The number of hydrogen-bond donors (Lipinski definition) is 2. The maximum absolute atomic E-state index is 13.4. The normalized spacial score (nSPS) is 11.5. The number of halogens is 3. The monoisotopic (exact) mass is 312 g/mol. The lowest BCUT2D eigenvalue weighted by molar-refractivity contribution is -0.143. The minimum Gasteiger partial charge on any atom is -0.351 e. The van der Waals surface area contributed by atoms with Crippen LogP contribution in [0.25, 0.3) is 5.69 Å². The van der Waals surface area contributed by atoms with Crippen molar-refractivity contribution < 1.29 is 18.0 Å². The smallest absolute Gasteiger partial charge is 0.351 e. The molecular weight excluding hydrogens is 297 g/mol. The Morgan fingerprint density at radius 2 is 2.05 bits per heavy atom. The molecule has 2 aromatic rings. The molecule has 0 radical (unpaired) electrons. The van der Waals surface area contributed by atoms with Crippen molar-refractivity contribution in [2.24, 2.45) is 5.73 Å². The standard InChI is InChI=1S/C14H15F3N4O/c1-9-4-2-3-5-11(9)21-12(14(15,16)17)10(8-20-21)13(22)19-7-6-18/h2-5,8H,6-7,18H2,1H3,(H,19,22). The molecular formula is C14H15F3N4O. The molecule has 0 saturated heterocycles. The second-order valence-corrected chi connectivity index (χ2v) is 4.65. The van der Waals surface area contributed by atoms with Crippen LogP contribution < -0.4 is 11.1 Å². The molecule has 0 aliphatic heterocycles. The van der Waals surface area contributed by atoms with E-state index in [1.54, 1.807) is 25.1 Å². The van der Waals surface area contributed by atoms with Gasteiger partial charge in [0, 0.05) is 13.1 Å². The van der Waals surface area contributed by atoms with Crippen LogP contribution in [0.1, 0.15) is 21.6 Å². The Kier molecular flexibility index (Phi) is 4.51. The van der Waals surface area contributed by atoms with E-state index in [0.29, 0.717) is 5.56 Å².